The van der Waals surface area contributed by atoms with Crippen LogP contribution in [-0.4, -0.2) is 30.7 Å². The van der Waals surface area contributed by atoms with Crippen LogP contribution >= 0.6 is 0 Å². The molecule has 2 aliphatic carbocycles. The Labute approximate surface area is 167 Å². The second kappa shape index (κ2) is 6.88. The number of hydrogen-bond acceptors (Lipinski definition) is 4. The first-order chi connectivity index (χ1) is 13.4. The maximum Gasteiger partial charge on any atom is 0.471 e. The monoisotopic (exact) mass is 414 g/mol. The van der Waals surface area contributed by atoms with Crippen LogP contribution in [0.5, 0.6) is 5.75 Å². The van der Waals surface area contributed by atoms with Crippen LogP contribution in [0.15, 0.2) is 12.1 Å². The first kappa shape index (κ1) is 21.4. The van der Waals surface area contributed by atoms with Gasteiger partial charge in [0.05, 0.1) is 12.0 Å². The van der Waals surface area contributed by atoms with Crippen LogP contribution in [-0.2, 0) is 10.2 Å². The molecule has 6 nitrogen and oxygen atoms in total. The Bertz CT molecular complexity index is 853. The lowest BCUT2D eigenvalue weighted by Crippen LogP contribution is -2.55. The first-order valence-electron chi connectivity index (χ1n) is 9.57. The van der Waals surface area contributed by atoms with Crippen molar-refractivity contribution in [2.45, 2.75) is 57.5 Å². The fourth-order valence-electron chi connectivity index (χ4n) is 5.24. The van der Waals surface area contributed by atoms with E-state index in [1.165, 1.54) is 13.2 Å². The number of nitro groups is 1. The number of carbonyl (C=O) groups is 1. The van der Waals surface area contributed by atoms with Gasteiger partial charge in [-0.25, -0.2) is 0 Å². The molecule has 1 unspecified atom stereocenters. The SMILES string of the molecule is COc1c([N+](=O)[O-])ccc2c1C1CC[C@H]1C(C)(C)[C@@]2(C)CCNC(=O)C(F)(F)F. The van der Waals surface area contributed by atoms with Crippen molar-refractivity contribution in [2.75, 3.05) is 13.7 Å². The molecule has 1 saturated carbocycles. The fourth-order valence-corrected chi connectivity index (χ4v) is 5.24. The summed E-state index contributed by atoms with van der Waals surface area (Å²) >= 11 is 0. The predicted molar refractivity (Wildman–Crippen MR) is 99.9 cm³/mol. The number of benzene rings is 1. The number of hydrogen-bond donors (Lipinski definition) is 1. The van der Waals surface area contributed by atoms with E-state index in [1.54, 1.807) is 6.07 Å². The summed E-state index contributed by atoms with van der Waals surface area (Å²) < 4.78 is 43.1. The number of nitro benzene ring substituents is 1. The molecule has 1 fully saturated rings. The highest BCUT2D eigenvalue weighted by Gasteiger charge is 2.59. The number of methoxy groups -OCH3 is 1. The summed E-state index contributed by atoms with van der Waals surface area (Å²) in [6.45, 7) is 6.00. The van der Waals surface area contributed by atoms with E-state index in [4.69, 9.17) is 4.74 Å². The number of nitrogens with one attached hydrogen (secondary N) is 1. The lowest BCUT2D eigenvalue weighted by molar-refractivity contribution is -0.385. The number of rotatable bonds is 5. The Morgan fingerprint density at radius 1 is 1.31 bits per heavy atom. The maximum atomic E-state index is 12.6. The zero-order valence-corrected chi connectivity index (χ0v) is 16.9. The van der Waals surface area contributed by atoms with Gasteiger partial charge in [-0.1, -0.05) is 26.8 Å². The highest BCUT2D eigenvalue weighted by molar-refractivity contribution is 5.81. The van der Waals surface area contributed by atoms with Gasteiger partial charge >= 0.3 is 17.8 Å². The summed E-state index contributed by atoms with van der Waals surface area (Å²) in [5.74, 6) is -1.37. The van der Waals surface area contributed by atoms with E-state index in [0.29, 0.717) is 0 Å². The fraction of sp³-hybridized carbons (Fsp3) is 0.650. The molecule has 1 aromatic rings. The molecule has 3 rings (SSSR count). The minimum atomic E-state index is -4.93. The minimum absolute atomic E-state index is 0.107. The summed E-state index contributed by atoms with van der Waals surface area (Å²) in [7, 11) is 1.40. The molecule has 1 N–H and O–H groups in total. The summed E-state index contributed by atoms with van der Waals surface area (Å²) in [5, 5.41) is 13.4. The zero-order valence-electron chi connectivity index (χ0n) is 16.9. The number of nitrogens with zero attached hydrogens (tertiary/aromatic N) is 1. The van der Waals surface area contributed by atoms with Crippen molar-refractivity contribution >= 4 is 11.6 Å². The molecule has 0 aromatic heterocycles. The molecule has 0 spiro atoms. The molecule has 29 heavy (non-hydrogen) atoms. The molecular weight excluding hydrogens is 389 g/mol. The molecule has 1 amide bonds. The Morgan fingerprint density at radius 3 is 2.45 bits per heavy atom. The highest BCUT2D eigenvalue weighted by atomic mass is 19.4. The van der Waals surface area contributed by atoms with Crippen molar-refractivity contribution in [3.63, 3.8) is 0 Å². The maximum absolute atomic E-state index is 12.6. The largest absolute Gasteiger partial charge is 0.490 e. The van der Waals surface area contributed by atoms with Crippen molar-refractivity contribution in [1.82, 2.24) is 5.32 Å². The zero-order chi connectivity index (χ0) is 21.8. The third kappa shape index (κ3) is 3.14. The van der Waals surface area contributed by atoms with Crippen LogP contribution in [0.2, 0.25) is 0 Å². The number of amides is 1. The van der Waals surface area contributed by atoms with E-state index in [1.807, 2.05) is 12.2 Å². The van der Waals surface area contributed by atoms with Gasteiger partial charge in [-0.3, -0.25) is 14.9 Å². The molecule has 1 aromatic carbocycles. The van der Waals surface area contributed by atoms with Crippen molar-refractivity contribution in [1.29, 1.82) is 0 Å². The summed E-state index contributed by atoms with van der Waals surface area (Å²) in [6, 6.07) is 3.11. The van der Waals surface area contributed by atoms with Crippen molar-refractivity contribution in [3.8, 4) is 5.75 Å². The van der Waals surface area contributed by atoms with Crippen LogP contribution in [0.25, 0.3) is 0 Å². The standard InChI is InChI=1S/C20H25F3N2O4/c1-18(2)12-6-5-11(12)15-13(7-8-14(25(27)28)16(15)29-4)19(18,3)9-10-24-17(26)20(21,22)23/h7-8,11-12H,5-6,9-10H2,1-4H3,(H,24,26)/t11?,12-,19+/m1/s1. The number of halogens is 3. The number of ether oxygens (including phenoxy) is 1. The number of fused-ring (bicyclic) bond motifs is 3. The molecule has 0 bridgehead atoms. The van der Waals surface area contributed by atoms with Gasteiger partial charge in [-0.05, 0) is 47.5 Å². The van der Waals surface area contributed by atoms with Crippen LogP contribution in [0.4, 0.5) is 18.9 Å². The van der Waals surface area contributed by atoms with E-state index in [9.17, 15) is 28.1 Å². The highest BCUT2D eigenvalue weighted by Crippen LogP contribution is 2.67. The topological polar surface area (TPSA) is 81.5 Å². The second-order valence-electron chi connectivity index (χ2n) is 8.68. The van der Waals surface area contributed by atoms with Crippen LogP contribution in [0.1, 0.15) is 57.1 Å². The summed E-state index contributed by atoms with van der Waals surface area (Å²) in [6.07, 6.45) is -2.82. The Hall–Kier alpha value is -2.32. The molecule has 0 radical (unpaired) electrons. The molecular formula is C20H25F3N2O4. The van der Waals surface area contributed by atoms with Gasteiger partial charge in [0.15, 0.2) is 0 Å². The van der Waals surface area contributed by atoms with E-state index >= 15 is 0 Å². The van der Waals surface area contributed by atoms with Crippen LogP contribution in [0, 0.1) is 21.4 Å². The lowest BCUT2D eigenvalue weighted by Gasteiger charge is -2.61. The van der Waals surface area contributed by atoms with E-state index < -0.39 is 22.4 Å². The van der Waals surface area contributed by atoms with Gasteiger partial charge in [-0.2, -0.15) is 13.2 Å². The molecule has 9 heteroatoms. The van der Waals surface area contributed by atoms with E-state index in [2.05, 4.69) is 13.8 Å². The first-order valence-corrected chi connectivity index (χ1v) is 9.57. The molecule has 160 valence electrons. The Morgan fingerprint density at radius 2 is 1.97 bits per heavy atom. The second-order valence-corrected chi connectivity index (χ2v) is 8.68. The van der Waals surface area contributed by atoms with Gasteiger partial charge in [0, 0.05) is 18.2 Å². The molecule has 3 atom stereocenters. The van der Waals surface area contributed by atoms with Gasteiger partial charge in [0.25, 0.3) is 0 Å². The molecule has 0 saturated heterocycles. The Balaban J connectivity index is 2.04. The average Bonchev–Trinajstić information content (AvgIpc) is 2.57. The van der Waals surface area contributed by atoms with Crippen molar-refractivity contribution in [2.24, 2.45) is 11.3 Å². The predicted octanol–water partition coefficient (Wildman–Crippen LogP) is 4.46. The quantitative estimate of drug-likeness (QED) is 0.570. The van der Waals surface area contributed by atoms with Crippen LogP contribution in [0.3, 0.4) is 0 Å². The van der Waals surface area contributed by atoms with Gasteiger partial charge in [-0.15, -0.1) is 0 Å². The normalized spacial score (nSPS) is 27.3. The summed E-state index contributed by atoms with van der Waals surface area (Å²) in [5.41, 5.74) is 0.677. The minimum Gasteiger partial charge on any atom is -0.490 e. The van der Waals surface area contributed by atoms with Crippen molar-refractivity contribution < 1.29 is 27.6 Å². The summed E-state index contributed by atoms with van der Waals surface area (Å²) in [4.78, 5) is 22.2. The van der Waals surface area contributed by atoms with Crippen LogP contribution < -0.4 is 10.1 Å². The third-order valence-electron chi connectivity index (χ3n) is 7.33. The molecule has 0 heterocycles. The number of alkyl halides is 3. The van der Waals surface area contributed by atoms with Gasteiger partial charge in [0.1, 0.15) is 0 Å². The number of carbonyl (C=O) groups excluding carboxylic acids is 1. The van der Waals surface area contributed by atoms with Crippen molar-refractivity contribution in [3.05, 3.63) is 33.4 Å². The lowest BCUT2D eigenvalue weighted by atomic mass is 9.43. The molecule has 0 aliphatic heterocycles. The van der Waals surface area contributed by atoms with E-state index in [-0.39, 0.29) is 41.7 Å². The smallest absolute Gasteiger partial charge is 0.471 e. The Kier molecular flexibility index (Phi) is 5.07. The third-order valence-corrected chi connectivity index (χ3v) is 7.33. The van der Waals surface area contributed by atoms with Gasteiger partial charge in [0.2, 0.25) is 5.75 Å². The molecule has 2 aliphatic rings. The average molecular weight is 414 g/mol. The van der Waals surface area contributed by atoms with E-state index in [0.717, 1.165) is 24.0 Å². The van der Waals surface area contributed by atoms with Gasteiger partial charge < -0.3 is 10.1 Å².